The molecule has 1 aromatic carbocycles. The Hall–Kier alpha value is -0.800. The van der Waals surface area contributed by atoms with Crippen LogP contribution in [0.3, 0.4) is 0 Å². The van der Waals surface area contributed by atoms with Crippen molar-refractivity contribution in [3.8, 4) is 6.07 Å². The first-order valence-corrected chi connectivity index (χ1v) is 5.10. The van der Waals surface area contributed by atoms with E-state index in [2.05, 4.69) is 0 Å². The van der Waals surface area contributed by atoms with Gasteiger partial charge in [0.05, 0.1) is 18.1 Å². The van der Waals surface area contributed by atoms with Crippen molar-refractivity contribution in [3.63, 3.8) is 0 Å². The lowest BCUT2D eigenvalue weighted by atomic mass is 10.1. The summed E-state index contributed by atoms with van der Waals surface area (Å²) in [4.78, 5) is 10.5. The third-order valence-corrected chi connectivity index (χ3v) is 2.57. The number of rotatable bonds is 2. The summed E-state index contributed by atoms with van der Waals surface area (Å²) >= 11 is 7.86. The molecule has 0 saturated carbocycles. The van der Waals surface area contributed by atoms with Crippen molar-refractivity contribution in [2.45, 2.75) is 6.42 Å². The van der Waals surface area contributed by atoms with Crippen LogP contribution in [0.2, 0.25) is 5.02 Å². The van der Waals surface area contributed by atoms with E-state index in [1.54, 1.807) is 12.1 Å². The fourth-order valence-corrected chi connectivity index (χ4v) is 2.13. The Kier molecular flexibility index (Phi) is 3.72. The Labute approximate surface area is 99.4 Å². The Morgan fingerprint density at radius 2 is 2.29 bits per heavy atom. The van der Waals surface area contributed by atoms with E-state index in [1.807, 2.05) is 28.7 Å². The summed E-state index contributed by atoms with van der Waals surface area (Å²) < 4.78 is 0.818. The molecule has 1 rings (SSSR count). The quantitative estimate of drug-likeness (QED) is 0.851. The van der Waals surface area contributed by atoms with Crippen LogP contribution in [0.1, 0.15) is 11.1 Å². The van der Waals surface area contributed by atoms with Crippen molar-refractivity contribution in [2.24, 2.45) is 0 Å². The minimum absolute atomic E-state index is 0.224. The van der Waals surface area contributed by atoms with Gasteiger partial charge in [-0.1, -0.05) is 11.6 Å². The number of hydrogen-bond acceptors (Lipinski definition) is 2. The van der Waals surface area contributed by atoms with Crippen LogP contribution >= 0.6 is 34.2 Å². The van der Waals surface area contributed by atoms with Crippen molar-refractivity contribution in [2.75, 3.05) is 0 Å². The largest absolute Gasteiger partial charge is 0.481 e. The van der Waals surface area contributed by atoms with Gasteiger partial charge in [-0.3, -0.25) is 4.79 Å². The normalized spacial score (nSPS) is 9.50. The monoisotopic (exact) mass is 321 g/mol. The predicted octanol–water partition coefficient (Wildman–Crippen LogP) is 2.44. The number of hydrogen-bond donors (Lipinski definition) is 1. The number of carbonyl (C=O) groups is 1. The van der Waals surface area contributed by atoms with Crippen LogP contribution in [0.25, 0.3) is 0 Å². The molecule has 72 valence electrons. The van der Waals surface area contributed by atoms with Crippen LogP contribution in [-0.2, 0) is 11.2 Å². The molecule has 0 radical (unpaired) electrons. The molecule has 1 aromatic rings. The zero-order chi connectivity index (χ0) is 10.7. The third kappa shape index (κ3) is 2.59. The molecule has 0 aliphatic carbocycles. The summed E-state index contributed by atoms with van der Waals surface area (Å²) in [5, 5.41) is 17.7. The molecule has 0 unspecified atom stereocenters. The fraction of sp³-hybridized carbons (Fsp3) is 0.111. The van der Waals surface area contributed by atoms with Crippen LogP contribution in [0.4, 0.5) is 0 Å². The lowest BCUT2D eigenvalue weighted by Crippen LogP contribution is -2.03. The first-order valence-electron chi connectivity index (χ1n) is 3.64. The van der Waals surface area contributed by atoms with Crippen LogP contribution in [-0.4, -0.2) is 11.1 Å². The second-order valence-electron chi connectivity index (χ2n) is 2.60. The lowest BCUT2D eigenvalue weighted by Gasteiger charge is -2.04. The highest BCUT2D eigenvalue weighted by Crippen LogP contribution is 2.23. The van der Waals surface area contributed by atoms with Gasteiger partial charge in [0.1, 0.15) is 0 Å². The molecule has 5 heteroatoms. The Balaban J connectivity index is 3.27. The minimum Gasteiger partial charge on any atom is -0.481 e. The molecule has 3 nitrogen and oxygen atoms in total. The van der Waals surface area contributed by atoms with E-state index in [4.69, 9.17) is 22.0 Å². The van der Waals surface area contributed by atoms with E-state index in [9.17, 15) is 4.79 Å². The van der Waals surface area contributed by atoms with Gasteiger partial charge in [-0.25, -0.2) is 0 Å². The van der Waals surface area contributed by atoms with Crippen LogP contribution in [0, 0.1) is 14.9 Å². The lowest BCUT2D eigenvalue weighted by molar-refractivity contribution is -0.136. The van der Waals surface area contributed by atoms with Gasteiger partial charge in [-0.05, 0) is 40.3 Å². The van der Waals surface area contributed by atoms with E-state index < -0.39 is 5.97 Å². The molecule has 14 heavy (non-hydrogen) atoms. The zero-order valence-corrected chi connectivity index (χ0v) is 9.83. The highest BCUT2D eigenvalue weighted by Gasteiger charge is 2.11. The molecule has 0 aromatic heterocycles. The van der Waals surface area contributed by atoms with Gasteiger partial charge in [0, 0.05) is 8.59 Å². The van der Waals surface area contributed by atoms with E-state index in [0.29, 0.717) is 16.1 Å². The second kappa shape index (κ2) is 4.62. The average molecular weight is 322 g/mol. The SMILES string of the molecule is N#Cc1cc(I)cc(Cl)c1CC(=O)O. The fourth-order valence-electron chi connectivity index (χ4n) is 1.03. The summed E-state index contributed by atoms with van der Waals surface area (Å²) in [7, 11) is 0. The standard InChI is InChI=1S/C9H5ClINO2/c10-8-2-6(11)1-5(4-12)7(8)3-9(13)14/h1-2H,3H2,(H,13,14). The first kappa shape index (κ1) is 11.3. The maximum absolute atomic E-state index is 10.5. The number of aliphatic carboxylic acids is 1. The molecular formula is C9H5ClINO2. The van der Waals surface area contributed by atoms with Gasteiger partial charge in [0.15, 0.2) is 0 Å². The number of halogens is 2. The number of carboxylic acid groups (broad SMARTS) is 1. The molecular weight excluding hydrogens is 316 g/mol. The summed E-state index contributed by atoms with van der Waals surface area (Å²) in [6.07, 6.45) is -0.224. The van der Waals surface area contributed by atoms with E-state index in [1.165, 1.54) is 0 Å². The van der Waals surface area contributed by atoms with Crippen molar-refractivity contribution in [3.05, 3.63) is 31.9 Å². The van der Waals surface area contributed by atoms with Gasteiger partial charge in [-0.15, -0.1) is 0 Å². The van der Waals surface area contributed by atoms with Gasteiger partial charge in [-0.2, -0.15) is 5.26 Å². The predicted molar refractivity (Wildman–Crippen MR) is 60.2 cm³/mol. The highest BCUT2D eigenvalue weighted by atomic mass is 127. The number of nitriles is 1. The van der Waals surface area contributed by atoms with Gasteiger partial charge in [0.25, 0.3) is 0 Å². The summed E-state index contributed by atoms with van der Waals surface area (Å²) in [6.45, 7) is 0. The van der Waals surface area contributed by atoms with Crippen LogP contribution in [0.5, 0.6) is 0 Å². The highest BCUT2D eigenvalue weighted by molar-refractivity contribution is 14.1. The summed E-state index contributed by atoms with van der Waals surface area (Å²) in [6, 6.07) is 5.19. The van der Waals surface area contributed by atoms with Gasteiger partial charge >= 0.3 is 5.97 Å². The van der Waals surface area contributed by atoms with E-state index in [0.717, 1.165) is 3.57 Å². The average Bonchev–Trinajstić information content (AvgIpc) is 2.08. The maximum atomic E-state index is 10.5. The van der Waals surface area contributed by atoms with Crippen molar-refractivity contribution < 1.29 is 9.90 Å². The second-order valence-corrected chi connectivity index (χ2v) is 4.25. The minimum atomic E-state index is -0.996. The molecule has 1 N–H and O–H groups in total. The third-order valence-electron chi connectivity index (χ3n) is 1.61. The Morgan fingerprint density at radius 3 is 2.79 bits per heavy atom. The van der Waals surface area contributed by atoms with Crippen molar-refractivity contribution in [1.82, 2.24) is 0 Å². The molecule has 0 atom stereocenters. The molecule has 0 amide bonds. The number of nitrogens with zero attached hydrogens (tertiary/aromatic N) is 1. The Morgan fingerprint density at radius 1 is 1.64 bits per heavy atom. The summed E-state index contributed by atoms with van der Waals surface area (Å²) in [5.74, 6) is -0.996. The van der Waals surface area contributed by atoms with Gasteiger partial charge < -0.3 is 5.11 Å². The molecule has 0 bridgehead atoms. The zero-order valence-electron chi connectivity index (χ0n) is 6.92. The first-order chi connectivity index (χ1) is 6.54. The number of benzene rings is 1. The molecule has 0 aliphatic rings. The number of carboxylic acids is 1. The molecule has 0 aliphatic heterocycles. The maximum Gasteiger partial charge on any atom is 0.307 e. The Bertz CT molecular complexity index is 426. The van der Waals surface area contributed by atoms with E-state index >= 15 is 0 Å². The van der Waals surface area contributed by atoms with Gasteiger partial charge in [0.2, 0.25) is 0 Å². The van der Waals surface area contributed by atoms with Crippen LogP contribution in [0.15, 0.2) is 12.1 Å². The summed E-state index contributed by atoms with van der Waals surface area (Å²) in [5.41, 5.74) is 0.700. The molecule has 0 heterocycles. The molecule has 0 saturated heterocycles. The van der Waals surface area contributed by atoms with Crippen LogP contribution < -0.4 is 0 Å². The molecule has 0 fully saturated rings. The van der Waals surface area contributed by atoms with Crippen molar-refractivity contribution in [1.29, 1.82) is 5.26 Å². The van der Waals surface area contributed by atoms with E-state index in [-0.39, 0.29) is 6.42 Å². The molecule has 0 spiro atoms. The van der Waals surface area contributed by atoms with Crippen molar-refractivity contribution >= 4 is 40.2 Å². The smallest absolute Gasteiger partial charge is 0.307 e. The topological polar surface area (TPSA) is 61.1 Å².